The summed E-state index contributed by atoms with van der Waals surface area (Å²) in [6.45, 7) is 0. The number of rotatable bonds is 10. The van der Waals surface area contributed by atoms with Crippen LogP contribution in [0.15, 0.2) is 158 Å². The average Bonchev–Trinajstić information content (AvgIpc) is 3.38. The summed E-state index contributed by atoms with van der Waals surface area (Å²) in [5, 5.41) is 0. The zero-order chi connectivity index (χ0) is 36.6. The van der Waals surface area contributed by atoms with Crippen LogP contribution in [0.2, 0.25) is 0 Å². The zero-order valence-corrected chi connectivity index (χ0v) is 32.8. The van der Waals surface area contributed by atoms with E-state index in [4.69, 9.17) is 18.4 Å². The van der Waals surface area contributed by atoms with Crippen molar-refractivity contribution in [2.75, 3.05) is 0 Å². The Hall–Kier alpha value is -5.48. The van der Waals surface area contributed by atoms with E-state index in [2.05, 4.69) is 0 Å². The van der Waals surface area contributed by atoms with E-state index in [0.29, 0.717) is 34.4 Å². The fraction of sp³-hybridized carbons (Fsp3) is 0.0526. The molecule has 0 radical (unpaired) electrons. The normalized spacial score (nSPS) is 16.3. The SMILES string of the molecule is O=C1C=CC(=O)[O][Sn]([O]C(=O)/C=C\C(=O)[O][Sn]2([CH](c3ccccc3)c3ccccc3)[O]C(=O)C=CC(=O)[O]2)([CH](c2ccccc2)c2ccccc2)[O]1. The Morgan fingerprint density at radius 3 is 0.885 bits per heavy atom. The molecule has 2 heterocycles. The van der Waals surface area contributed by atoms with E-state index in [9.17, 15) is 28.8 Å². The fourth-order valence-corrected chi connectivity index (χ4v) is 21.3. The van der Waals surface area contributed by atoms with Crippen LogP contribution in [0.3, 0.4) is 0 Å². The van der Waals surface area contributed by atoms with Gasteiger partial charge in [0.1, 0.15) is 0 Å². The first-order valence-electron chi connectivity index (χ1n) is 15.8. The van der Waals surface area contributed by atoms with Crippen LogP contribution in [-0.2, 0) is 47.2 Å². The molecule has 0 saturated carbocycles. The molecule has 0 aromatic heterocycles. The molecular weight excluding hydrogens is 886 g/mol. The Labute approximate surface area is 308 Å². The molecule has 0 spiro atoms. The van der Waals surface area contributed by atoms with Gasteiger partial charge in [-0.1, -0.05) is 0 Å². The van der Waals surface area contributed by atoms with Gasteiger partial charge in [-0.3, -0.25) is 0 Å². The number of hydrogen-bond acceptors (Lipinski definition) is 12. The molecule has 2 aliphatic rings. The molecule has 0 amide bonds. The van der Waals surface area contributed by atoms with Crippen molar-refractivity contribution in [3.63, 3.8) is 0 Å². The quantitative estimate of drug-likeness (QED) is 0.162. The summed E-state index contributed by atoms with van der Waals surface area (Å²) in [6.07, 6.45) is 4.91. The molecule has 0 aliphatic carbocycles. The van der Waals surface area contributed by atoms with Crippen molar-refractivity contribution in [2.24, 2.45) is 0 Å². The number of hydrogen-bond donors (Lipinski definition) is 0. The summed E-state index contributed by atoms with van der Waals surface area (Å²) in [4.78, 5) is 78.5. The van der Waals surface area contributed by atoms with Crippen LogP contribution in [0.4, 0.5) is 0 Å². The first-order chi connectivity index (χ1) is 25.2. The van der Waals surface area contributed by atoms with Crippen LogP contribution >= 0.6 is 0 Å². The number of benzene rings is 4. The van der Waals surface area contributed by atoms with Gasteiger partial charge in [0.05, 0.1) is 0 Å². The topological polar surface area (TPSA) is 158 Å². The number of carbonyl (C=O) groups excluding carboxylic acids is 6. The van der Waals surface area contributed by atoms with Crippen molar-refractivity contribution in [3.8, 4) is 0 Å². The Bertz CT molecular complexity index is 1800. The van der Waals surface area contributed by atoms with Crippen LogP contribution in [0.1, 0.15) is 30.1 Å². The number of carbonyl (C=O) groups is 6. The van der Waals surface area contributed by atoms with Gasteiger partial charge in [0.25, 0.3) is 0 Å². The Morgan fingerprint density at radius 2 is 0.654 bits per heavy atom. The first kappa shape index (κ1) is 36.3. The van der Waals surface area contributed by atoms with Crippen molar-refractivity contribution < 1.29 is 47.2 Å². The minimum atomic E-state index is -5.80. The Morgan fingerprint density at radius 1 is 0.423 bits per heavy atom. The Balaban J connectivity index is 1.35. The summed E-state index contributed by atoms with van der Waals surface area (Å²) in [5.41, 5.74) is 2.16. The molecule has 6 rings (SSSR count). The van der Waals surface area contributed by atoms with Crippen LogP contribution in [-0.4, -0.2) is 75.1 Å². The summed E-state index contributed by atoms with van der Waals surface area (Å²) in [6, 6.07) is 34.6. The van der Waals surface area contributed by atoms with Gasteiger partial charge >= 0.3 is 310 Å². The van der Waals surface area contributed by atoms with Crippen molar-refractivity contribution in [2.45, 2.75) is 7.87 Å². The summed E-state index contributed by atoms with van der Waals surface area (Å²) in [5.74, 6) is -6.21. The van der Waals surface area contributed by atoms with Gasteiger partial charge in [0.2, 0.25) is 0 Å². The molecule has 14 heteroatoms. The Kier molecular flexibility index (Phi) is 11.3. The van der Waals surface area contributed by atoms with Gasteiger partial charge in [-0.05, 0) is 0 Å². The minimum absolute atomic E-state index is 0.540. The van der Waals surface area contributed by atoms with E-state index in [1.165, 1.54) is 0 Å². The fourth-order valence-electron chi connectivity index (χ4n) is 5.72. The van der Waals surface area contributed by atoms with E-state index in [1.54, 1.807) is 121 Å². The molecule has 4 aromatic carbocycles. The summed E-state index contributed by atoms with van der Waals surface area (Å²) in [7, 11) is 0. The van der Waals surface area contributed by atoms with Crippen LogP contribution in [0.25, 0.3) is 0 Å². The molecule has 260 valence electrons. The van der Waals surface area contributed by atoms with E-state index < -0.39 is 82.9 Å². The van der Waals surface area contributed by atoms with E-state index in [-0.39, 0.29) is 0 Å². The van der Waals surface area contributed by atoms with Crippen LogP contribution in [0, 0.1) is 0 Å². The standard InChI is InChI=1S/2C13H11.3C4H4O4.2Sn/c2*1-3-7-12(8-4-1)11-13-9-5-2-6-10-13;3*5-3(6)1-2-4(7)8;;/h2*1-11H;3*1-2H,(H,5,6)(H,7,8);;/q;;;;;2*+3/p-6/b;;2-1-;;;;. The molecule has 0 atom stereocenters. The van der Waals surface area contributed by atoms with Crippen molar-refractivity contribution >= 4 is 75.1 Å². The van der Waals surface area contributed by atoms with Gasteiger partial charge in [-0.25, -0.2) is 0 Å². The molecule has 52 heavy (non-hydrogen) atoms. The van der Waals surface area contributed by atoms with Gasteiger partial charge in [-0.15, -0.1) is 0 Å². The van der Waals surface area contributed by atoms with Gasteiger partial charge in [-0.2, -0.15) is 0 Å². The predicted molar refractivity (Wildman–Crippen MR) is 185 cm³/mol. The maximum atomic E-state index is 13.6. The molecule has 2 aliphatic heterocycles. The zero-order valence-electron chi connectivity index (χ0n) is 27.1. The van der Waals surface area contributed by atoms with Gasteiger partial charge in [0, 0.05) is 0 Å². The second-order valence-corrected chi connectivity index (χ2v) is 24.9. The first-order valence-corrected chi connectivity index (χ1v) is 26.1. The third kappa shape index (κ3) is 8.51. The van der Waals surface area contributed by atoms with Crippen LogP contribution < -0.4 is 0 Å². The monoisotopic (exact) mass is 916 g/mol. The summed E-state index contributed by atoms with van der Waals surface area (Å²) >= 11 is -11.6. The van der Waals surface area contributed by atoms with Crippen molar-refractivity contribution in [1.82, 2.24) is 0 Å². The van der Waals surface area contributed by atoms with Crippen molar-refractivity contribution in [3.05, 3.63) is 180 Å². The molecular formula is C38H28O12Sn2. The third-order valence-corrected chi connectivity index (χ3v) is 23.9. The predicted octanol–water partition coefficient (Wildman–Crippen LogP) is 4.56. The molecule has 0 unspecified atom stereocenters. The van der Waals surface area contributed by atoms with E-state index >= 15 is 0 Å². The third-order valence-electron chi connectivity index (χ3n) is 7.76. The summed E-state index contributed by atoms with van der Waals surface area (Å²) < 4.78 is 32.8. The second-order valence-electron chi connectivity index (χ2n) is 11.2. The van der Waals surface area contributed by atoms with Gasteiger partial charge < -0.3 is 0 Å². The van der Waals surface area contributed by atoms with Crippen LogP contribution in [0.5, 0.6) is 0 Å². The molecule has 4 aromatic rings. The van der Waals surface area contributed by atoms with E-state index in [0.717, 1.165) is 24.3 Å². The van der Waals surface area contributed by atoms with Crippen molar-refractivity contribution in [1.29, 1.82) is 0 Å². The molecule has 0 bridgehead atoms. The molecule has 0 saturated heterocycles. The molecule has 0 N–H and O–H groups in total. The maximum absolute atomic E-state index is 13.6. The molecule has 12 nitrogen and oxygen atoms in total. The second kappa shape index (κ2) is 16.2. The van der Waals surface area contributed by atoms with Gasteiger partial charge in [0.15, 0.2) is 0 Å². The average molecular weight is 914 g/mol. The molecule has 0 fully saturated rings. The van der Waals surface area contributed by atoms with E-state index in [1.807, 2.05) is 0 Å².